The highest BCUT2D eigenvalue weighted by Gasteiger charge is 2.25. The fraction of sp³-hybridized carbons (Fsp3) is 0.286. The summed E-state index contributed by atoms with van der Waals surface area (Å²) in [7, 11) is 0. The van der Waals surface area contributed by atoms with Crippen LogP contribution in [0.25, 0.3) is 11.0 Å². The average molecular weight is 413 g/mol. The van der Waals surface area contributed by atoms with Gasteiger partial charge in [0.15, 0.2) is 5.76 Å². The number of fused-ring (bicyclic) bond motifs is 1. The Balaban J connectivity index is 1.48. The van der Waals surface area contributed by atoms with Gasteiger partial charge in [-0.05, 0) is 50.1 Å². The molecule has 1 aliphatic rings. The maximum atomic E-state index is 12.7. The lowest BCUT2D eigenvalue weighted by Gasteiger charge is -2.32. The summed E-state index contributed by atoms with van der Waals surface area (Å²) in [6.45, 7) is 3.21. The van der Waals surface area contributed by atoms with E-state index in [-0.39, 0.29) is 23.5 Å². The maximum Gasteiger partial charge on any atom is 0.291 e. The van der Waals surface area contributed by atoms with E-state index in [1.807, 2.05) is 17.9 Å². The second-order valence-corrected chi connectivity index (χ2v) is 7.68. The number of benzene rings is 1. The van der Waals surface area contributed by atoms with E-state index in [0.29, 0.717) is 22.8 Å². The van der Waals surface area contributed by atoms with Gasteiger partial charge in [0, 0.05) is 29.1 Å². The molecular weight excluding hydrogens is 392 g/mol. The number of nitrogens with two attached hydrogens (primary N) is 1. The predicted molar refractivity (Wildman–Crippen MR) is 112 cm³/mol. The third-order valence-corrected chi connectivity index (χ3v) is 5.49. The van der Waals surface area contributed by atoms with Gasteiger partial charge in [-0.25, -0.2) is 4.98 Å². The van der Waals surface area contributed by atoms with E-state index in [1.54, 1.807) is 30.5 Å². The summed E-state index contributed by atoms with van der Waals surface area (Å²) in [6.07, 6.45) is 3.29. The van der Waals surface area contributed by atoms with E-state index >= 15 is 0 Å². The molecule has 8 heteroatoms. The van der Waals surface area contributed by atoms with Crippen molar-refractivity contribution < 1.29 is 14.0 Å². The minimum absolute atomic E-state index is 0.158. The number of amides is 2. The number of anilines is 2. The van der Waals surface area contributed by atoms with Gasteiger partial charge in [-0.1, -0.05) is 11.6 Å². The van der Waals surface area contributed by atoms with E-state index in [2.05, 4.69) is 10.3 Å². The molecule has 0 saturated carbocycles. The summed E-state index contributed by atoms with van der Waals surface area (Å²) in [4.78, 5) is 30.6. The first-order valence-corrected chi connectivity index (χ1v) is 9.80. The first-order chi connectivity index (χ1) is 13.9. The van der Waals surface area contributed by atoms with E-state index in [9.17, 15) is 9.59 Å². The molecular formula is C21H21ClN4O3. The van der Waals surface area contributed by atoms with Gasteiger partial charge in [0.1, 0.15) is 11.4 Å². The number of carbonyl (C=O) groups excluding carboxylic acids is 2. The molecule has 7 nitrogen and oxygen atoms in total. The van der Waals surface area contributed by atoms with Gasteiger partial charge in [0.05, 0.1) is 17.8 Å². The second-order valence-electron chi connectivity index (χ2n) is 7.24. The summed E-state index contributed by atoms with van der Waals surface area (Å²) in [5, 5.41) is 4.21. The molecule has 1 fully saturated rings. The molecule has 3 heterocycles. The van der Waals surface area contributed by atoms with Gasteiger partial charge in [-0.15, -0.1) is 0 Å². The topological polar surface area (TPSA) is 101 Å². The highest BCUT2D eigenvalue weighted by molar-refractivity contribution is 6.31. The molecule has 2 amide bonds. The average Bonchev–Trinajstić information content (AvgIpc) is 3.05. The zero-order valence-electron chi connectivity index (χ0n) is 15.9. The minimum atomic E-state index is -0.351. The van der Waals surface area contributed by atoms with Crippen molar-refractivity contribution in [1.29, 1.82) is 0 Å². The number of piperidine rings is 1. The Morgan fingerprint density at radius 2 is 2.14 bits per heavy atom. The van der Waals surface area contributed by atoms with Gasteiger partial charge in [0.25, 0.3) is 5.91 Å². The number of nitrogens with zero attached hydrogens (tertiary/aromatic N) is 2. The first-order valence-electron chi connectivity index (χ1n) is 9.42. The number of primary amides is 1. The number of aryl methyl sites for hydroxylation is 1. The number of halogens is 1. The maximum absolute atomic E-state index is 12.7. The van der Waals surface area contributed by atoms with Crippen LogP contribution in [0.2, 0.25) is 5.02 Å². The third kappa shape index (κ3) is 3.91. The van der Waals surface area contributed by atoms with Crippen molar-refractivity contribution in [1.82, 2.24) is 4.98 Å². The van der Waals surface area contributed by atoms with Crippen LogP contribution in [0.5, 0.6) is 0 Å². The molecule has 1 saturated heterocycles. The quantitative estimate of drug-likeness (QED) is 0.679. The standard InChI is InChI=1S/C21H21ClN4O3/c1-12-16-9-14(22)4-6-17(16)29-19(12)21(28)25-15-5-7-18(24-10-15)26-8-2-3-13(11-26)20(23)27/h4-7,9-10,13H,2-3,8,11H2,1H3,(H2,23,27)(H,25,28). The largest absolute Gasteiger partial charge is 0.451 e. The van der Waals surface area contributed by atoms with Crippen LogP contribution in [-0.4, -0.2) is 29.9 Å². The third-order valence-electron chi connectivity index (χ3n) is 5.26. The Morgan fingerprint density at radius 3 is 2.86 bits per heavy atom. The lowest BCUT2D eigenvalue weighted by atomic mass is 9.97. The Labute approximate surface area is 172 Å². The second kappa shape index (κ2) is 7.75. The van der Waals surface area contributed by atoms with Gasteiger partial charge in [-0.3, -0.25) is 9.59 Å². The van der Waals surface area contributed by atoms with Gasteiger partial charge >= 0.3 is 0 Å². The zero-order chi connectivity index (χ0) is 20.5. The normalized spacial score (nSPS) is 16.8. The summed E-state index contributed by atoms with van der Waals surface area (Å²) in [5.74, 6) is 0.210. The smallest absolute Gasteiger partial charge is 0.291 e. The molecule has 0 spiro atoms. The van der Waals surface area contributed by atoms with Crippen molar-refractivity contribution in [2.24, 2.45) is 11.7 Å². The van der Waals surface area contributed by atoms with Crippen LogP contribution in [0.4, 0.5) is 11.5 Å². The molecule has 3 N–H and O–H groups in total. The van der Waals surface area contributed by atoms with Crippen molar-refractivity contribution in [2.75, 3.05) is 23.3 Å². The van der Waals surface area contributed by atoms with Gasteiger partial charge < -0.3 is 20.4 Å². The number of nitrogens with one attached hydrogen (secondary N) is 1. The molecule has 3 aromatic rings. The van der Waals surface area contributed by atoms with Crippen LogP contribution in [0.15, 0.2) is 40.9 Å². The van der Waals surface area contributed by atoms with Gasteiger partial charge in [-0.2, -0.15) is 0 Å². The Morgan fingerprint density at radius 1 is 1.31 bits per heavy atom. The summed E-state index contributed by atoms with van der Waals surface area (Å²) in [5.41, 5.74) is 7.34. The highest BCUT2D eigenvalue weighted by atomic mass is 35.5. The van der Waals surface area contributed by atoms with Crippen molar-refractivity contribution in [2.45, 2.75) is 19.8 Å². The number of hydrogen-bond acceptors (Lipinski definition) is 5. The first kappa shape index (κ1) is 19.3. The zero-order valence-corrected chi connectivity index (χ0v) is 16.7. The summed E-state index contributed by atoms with van der Waals surface area (Å²) >= 11 is 6.03. The van der Waals surface area contributed by atoms with Gasteiger partial charge in [0.2, 0.25) is 5.91 Å². The van der Waals surface area contributed by atoms with Crippen LogP contribution in [0.3, 0.4) is 0 Å². The molecule has 0 radical (unpaired) electrons. The lowest BCUT2D eigenvalue weighted by molar-refractivity contribution is -0.122. The predicted octanol–water partition coefficient (Wildman–Crippen LogP) is 3.74. The number of carbonyl (C=O) groups is 2. The van der Waals surface area contributed by atoms with Crippen molar-refractivity contribution in [3.63, 3.8) is 0 Å². The fourth-order valence-corrected chi connectivity index (χ4v) is 3.83. The molecule has 0 aliphatic carbocycles. The Kier molecular flexibility index (Phi) is 5.15. The minimum Gasteiger partial charge on any atom is -0.451 e. The van der Waals surface area contributed by atoms with Crippen molar-refractivity contribution in [3.05, 3.63) is 52.9 Å². The number of pyridine rings is 1. The summed E-state index contributed by atoms with van der Waals surface area (Å²) in [6, 6.07) is 8.85. The Bertz CT molecular complexity index is 1080. The van der Waals surface area contributed by atoms with Crippen LogP contribution in [0, 0.1) is 12.8 Å². The molecule has 1 aliphatic heterocycles. The summed E-state index contributed by atoms with van der Waals surface area (Å²) < 4.78 is 5.70. The monoisotopic (exact) mass is 412 g/mol. The number of rotatable bonds is 4. The molecule has 150 valence electrons. The number of aromatic nitrogens is 1. The van der Waals surface area contributed by atoms with E-state index in [0.717, 1.165) is 36.2 Å². The molecule has 1 aromatic carbocycles. The highest BCUT2D eigenvalue weighted by Crippen LogP contribution is 2.28. The van der Waals surface area contributed by atoms with Crippen molar-refractivity contribution in [3.8, 4) is 0 Å². The molecule has 1 atom stereocenters. The SMILES string of the molecule is Cc1c(C(=O)Nc2ccc(N3CCCC(C(N)=O)C3)nc2)oc2ccc(Cl)cc12. The van der Waals surface area contributed by atoms with E-state index in [1.165, 1.54) is 0 Å². The van der Waals surface area contributed by atoms with E-state index < -0.39 is 0 Å². The van der Waals surface area contributed by atoms with Crippen LogP contribution in [0.1, 0.15) is 29.0 Å². The Hall–Kier alpha value is -3.06. The molecule has 0 bridgehead atoms. The lowest BCUT2D eigenvalue weighted by Crippen LogP contribution is -2.41. The van der Waals surface area contributed by atoms with Crippen molar-refractivity contribution >= 4 is 45.9 Å². The number of furan rings is 1. The fourth-order valence-electron chi connectivity index (χ4n) is 3.66. The number of hydrogen-bond donors (Lipinski definition) is 2. The van der Waals surface area contributed by atoms with Crippen LogP contribution in [-0.2, 0) is 4.79 Å². The molecule has 2 aromatic heterocycles. The molecule has 29 heavy (non-hydrogen) atoms. The van der Waals surface area contributed by atoms with Crippen LogP contribution >= 0.6 is 11.6 Å². The molecule has 1 unspecified atom stereocenters. The van der Waals surface area contributed by atoms with E-state index in [4.69, 9.17) is 21.8 Å². The van der Waals surface area contributed by atoms with Crippen LogP contribution < -0.4 is 16.0 Å². The molecule has 4 rings (SSSR count).